The molecule has 1 aromatic heterocycles. The van der Waals surface area contributed by atoms with Gasteiger partial charge in [-0.1, -0.05) is 23.7 Å². The van der Waals surface area contributed by atoms with Gasteiger partial charge in [0.2, 0.25) is 0 Å². The second-order valence-corrected chi connectivity index (χ2v) is 7.35. The molecule has 2 heterocycles. The zero-order chi connectivity index (χ0) is 21.8. The van der Waals surface area contributed by atoms with Crippen LogP contribution in [0.2, 0.25) is 5.02 Å². The Kier molecular flexibility index (Phi) is 6.34. The lowest BCUT2D eigenvalue weighted by Crippen LogP contribution is -2.26. The number of rotatable bonds is 8. The Hall–Kier alpha value is -3.16. The first kappa shape index (κ1) is 21.1. The van der Waals surface area contributed by atoms with E-state index in [1.165, 1.54) is 0 Å². The summed E-state index contributed by atoms with van der Waals surface area (Å²) in [7, 11) is 4.85. The van der Waals surface area contributed by atoms with Crippen molar-refractivity contribution in [2.75, 3.05) is 45.0 Å². The van der Waals surface area contributed by atoms with Gasteiger partial charge in [0, 0.05) is 23.4 Å². The molecular weight excluding hydrogens is 418 g/mol. The lowest BCUT2D eigenvalue weighted by molar-refractivity contribution is 0.127. The van der Waals surface area contributed by atoms with E-state index < -0.39 is 0 Å². The third-order valence-corrected chi connectivity index (χ3v) is 5.53. The lowest BCUT2D eigenvalue weighted by atomic mass is 9.94. The van der Waals surface area contributed by atoms with Crippen molar-refractivity contribution in [2.45, 2.75) is 5.92 Å². The number of benzene rings is 2. The van der Waals surface area contributed by atoms with Crippen LogP contribution in [0, 0.1) is 0 Å². The van der Waals surface area contributed by atoms with Gasteiger partial charge in [0.05, 0.1) is 32.9 Å². The number of halogens is 1. The Morgan fingerprint density at radius 2 is 1.77 bits per heavy atom. The summed E-state index contributed by atoms with van der Waals surface area (Å²) in [5.74, 6) is 2.92. The zero-order valence-corrected chi connectivity index (χ0v) is 18.3. The maximum atomic E-state index is 6.19. The van der Waals surface area contributed by atoms with Gasteiger partial charge in [0.25, 0.3) is 0 Å². The molecule has 1 unspecified atom stereocenters. The summed E-state index contributed by atoms with van der Waals surface area (Å²) in [6.45, 7) is 0.893. The summed E-state index contributed by atoms with van der Waals surface area (Å²) in [5.41, 5.74) is 3.04. The van der Waals surface area contributed by atoms with Crippen molar-refractivity contribution >= 4 is 23.1 Å². The molecule has 0 amide bonds. The van der Waals surface area contributed by atoms with Crippen LogP contribution >= 0.6 is 11.6 Å². The highest BCUT2D eigenvalue weighted by Crippen LogP contribution is 2.41. The van der Waals surface area contributed by atoms with Gasteiger partial charge in [0.1, 0.15) is 12.5 Å². The van der Waals surface area contributed by atoms with Crippen molar-refractivity contribution in [1.29, 1.82) is 0 Å². The molecule has 7 nitrogen and oxygen atoms in total. The standard InChI is InChI=1S/C23H24ClN3O4/c1-28-20-9-7-16(12-19(20)24)26-14-31-27-13-18(17-5-4-10-25-23(17)27)15-6-8-21(29-2)22(11-15)30-3/h4-12,18,26H,13-14H2,1-3H3. The summed E-state index contributed by atoms with van der Waals surface area (Å²) in [5, 5.41) is 5.56. The smallest absolute Gasteiger partial charge is 0.161 e. The Morgan fingerprint density at radius 1 is 1.00 bits per heavy atom. The molecule has 0 radical (unpaired) electrons. The largest absolute Gasteiger partial charge is 0.495 e. The zero-order valence-electron chi connectivity index (χ0n) is 17.6. The number of aromatic nitrogens is 1. The molecule has 1 N–H and O–H groups in total. The van der Waals surface area contributed by atoms with Gasteiger partial charge in [0.15, 0.2) is 17.3 Å². The maximum absolute atomic E-state index is 6.19. The minimum atomic E-state index is 0.0962. The fourth-order valence-corrected chi connectivity index (χ4v) is 3.94. The second kappa shape index (κ2) is 9.32. The Balaban J connectivity index is 1.49. The van der Waals surface area contributed by atoms with Gasteiger partial charge in [-0.05, 0) is 42.0 Å². The third-order valence-electron chi connectivity index (χ3n) is 5.24. The van der Waals surface area contributed by atoms with E-state index in [1.807, 2.05) is 41.5 Å². The predicted octanol–water partition coefficient (Wildman–Crippen LogP) is 4.71. The molecule has 3 aromatic rings. The normalized spacial score (nSPS) is 14.8. The molecule has 1 aliphatic rings. The van der Waals surface area contributed by atoms with Crippen molar-refractivity contribution in [3.05, 3.63) is 70.9 Å². The van der Waals surface area contributed by atoms with Crippen LogP contribution in [0.15, 0.2) is 54.7 Å². The minimum Gasteiger partial charge on any atom is -0.495 e. The van der Waals surface area contributed by atoms with Crippen LogP contribution in [0.3, 0.4) is 0 Å². The summed E-state index contributed by atoms with van der Waals surface area (Å²) < 4.78 is 16.0. The molecule has 1 atom stereocenters. The van der Waals surface area contributed by atoms with Gasteiger partial charge >= 0.3 is 0 Å². The van der Waals surface area contributed by atoms with Gasteiger partial charge in [-0.3, -0.25) is 4.84 Å². The minimum absolute atomic E-state index is 0.0962. The Morgan fingerprint density at radius 3 is 2.52 bits per heavy atom. The number of ether oxygens (including phenoxy) is 3. The van der Waals surface area contributed by atoms with E-state index in [1.54, 1.807) is 33.6 Å². The molecule has 0 saturated heterocycles. The SMILES string of the molecule is COc1ccc(NCON2CC(c3ccc(OC)c(OC)c3)c3cccnc32)cc1Cl. The first-order valence-corrected chi connectivity index (χ1v) is 10.2. The number of methoxy groups -OCH3 is 3. The molecule has 4 rings (SSSR count). The first-order chi connectivity index (χ1) is 15.1. The molecular formula is C23H24ClN3O4. The number of hydrogen-bond acceptors (Lipinski definition) is 7. The van der Waals surface area contributed by atoms with Crippen molar-refractivity contribution < 1.29 is 19.0 Å². The van der Waals surface area contributed by atoms with Gasteiger partial charge < -0.3 is 19.5 Å². The highest BCUT2D eigenvalue weighted by Gasteiger charge is 2.32. The molecule has 0 saturated carbocycles. The number of nitrogens with zero attached hydrogens (tertiary/aromatic N) is 2. The first-order valence-electron chi connectivity index (χ1n) is 9.79. The van der Waals surface area contributed by atoms with E-state index in [0.29, 0.717) is 28.8 Å². The van der Waals surface area contributed by atoms with Crippen molar-refractivity contribution in [2.24, 2.45) is 0 Å². The van der Waals surface area contributed by atoms with Crippen LogP contribution in [0.1, 0.15) is 17.0 Å². The van der Waals surface area contributed by atoms with Crippen molar-refractivity contribution in [1.82, 2.24) is 4.98 Å². The third kappa shape index (κ3) is 4.33. The highest BCUT2D eigenvalue weighted by atomic mass is 35.5. The second-order valence-electron chi connectivity index (χ2n) is 6.94. The fraction of sp³-hybridized carbons (Fsp3) is 0.261. The molecule has 2 aromatic carbocycles. The van der Waals surface area contributed by atoms with E-state index in [9.17, 15) is 0 Å². The monoisotopic (exact) mass is 441 g/mol. The van der Waals surface area contributed by atoms with Gasteiger partial charge in [-0.15, -0.1) is 0 Å². The molecule has 0 aliphatic carbocycles. The maximum Gasteiger partial charge on any atom is 0.161 e. The number of hydroxylamine groups is 1. The molecule has 162 valence electrons. The lowest BCUT2D eigenvalue weighted by Gasteiger charge is -2.19. The number of anilines is 2. The van der Waals surface area contributed by atoms with E-state index in [0.717, 1.165) is 22.6 Å². The van der Waals surface area contributed by atoms with Crippen LogP contribution in [0.4, 0.5) is 11.5 Å². The number of pyridine rings is 1. The van der Waals surface area contributed by atoms with E-state index in [4.69, 9.17) is 30.6 Å². The highest BCUT2D eigenvalue weighted by molar-refractivity contribution is 6.32. The number of hydrogen-bond donors (Lipinski definition) is 1. The summed E-state index contributed by atoms with van der Waals surface area (Å²) in [6, 6.07) is 15.5. The summed E-state index contributed by atoms with van der Waals surface area (Å²) >= 11 is 6.19. The molecule has 0 bridgehead atoms. The van der Waals surface area contributed by atoms with Crippen LogP contribution in [0.5, 0.6) is 17.2 Å². The molecule has 8 heteroatoms. The average molecular weight is 442 g/mol. The number of nitrogens with one attached hydrogen (secondary N) is 1. The fourth-order valence-electron chi connectivity index (χ4n) is 3.68. The van der Waals surface area contributed by atoms with E-state index in [2.05, 4.69) is 16.4 Å². The van der Waals surface area contributed by atoms with E-state index in [-0.39, 0.29) is 12.6 Å². The number of fused-ring (bicyclic) bond motifs is 1. The van der Waals surface area contributed by atoms with Crippen molar-refractivity contribution in [3.8, 4) is 17.2 Å². The Bertz CT molecular complexity index is 1060. The van der Waals surface area contributed by atoms with Gasteiger partial charge in [-0.2, -0.15) is 0 Å². The van der Waals surface area contributed by atoms with Gasteiger partial charge in [-0.25, -0.2) is 10.0 Å². The molecule has 1 aliphatic heterocycles. The van der Waals surface area contributed by atoms with Crippen LogP contribution in [-0.2, 0) is 4.84 Å². The van der Waals surface area contributed by atoms with Crippen LogP contribution in [-0.4, -0.2) is 39.6 Å². The van der Waals surface area contributed by atoms with Crippen LogP contribution in [0.25, 0.3) is 0 Å². The summed E-state index contributed by atoms with van der Waals surface area (Å²) in [4.78, 5) is 10.5. The molecule has 31 heavy (non-hydrogen) atoms. The molecule has 0 fully saturated rings. The van der Waals surface area contributed by atoms with Crippen molar-refractivity contribution in [3.63, 3.8) is 0 Å². The average Bonchev–Trinajstić information content (AvgIpc) is 3.17. The Labute approximate surface area is 186 Å². The van der Waals surface area contributed by atoms with E-state index >= 15 is 0 Å². The predicted molar refractivity (Wildman–Crippen MR) is 121 cm³/mol. The van der Waals surface area contributed by atoms with Crippen LogP contribution < -0.4 is 24.6 Å². The topological polar surface area (TPSA) is 65.1 Å². The summed E-state index contributed by atoms with van der Waals surface area (Å²) in [6.07, 6.45) is 1.77. The molecule has 0 spiro atoms. The quantitative estimate of drug-likeness (QED) is 0.507.